The molecule has 2 heterocycles. The average molecular weight is 427 g/mol. The number of azide groups is 1. The van der Waals surface area contributed by atoms with Crippen molar-refractivity contribution in [2.45, 2.75) is 36.1 Å². The standard InChI is InChI=1S/C21H21N3O5S/c1-30-21-18(28-19(25)13-8-4-2-5-9-13)16(23-24-22)17-15(27-21)12-26-20(29-17)14-10-6-3-7-11-14/h2-11,15-18,20-21H,12H2,1H3/t15?,16?,17-,18+,20?,21-/m0/s1. The zero-order valence-electron chi connectivity index (χ0n) is 16.2. The van der Waals surface area contributed by atoms with Crippen LogP contribution in [0.5, 0.6) is 0 Å². The van der Waals surface area contributed by atoms with Crippen molar-refractivity contribution in [3.05, 3.63) is 82.2 Å². The molecule has 2 aromatic rings. The fourth-order valence-corrected chi connectivity index (χ4v) is 4.36. The van der Waals surface area contributed by atoms with Crippen LogP contribution in [-0.2, 0) is 18.9 Å². The summed E-state index contributed by atoms with van der Waals surface area (Å²) < 4.78 is 23.8. The smallest absolute Gasteiger partial charge is 0.338 e. The molecule has 9 heteroatoms. The van der Waals surface area contributed by atoms with Gasteiger partial charge in [0, 0.05) is 10.5 Å². The lowest BCUT2D eigenvalue weighted by molar-refractivity contribution is -0.296. The molecule has 3 unspecified atom stereocenters. The Labute approximate surface area is 178 Å². The number of carbonyl (C=O) groups excluding carboxylic acids is 1. The molecule has 2 aliphatic rings. The molecule has 2 aromatic carbocycles. The molecule has 2 saturated heterocycles. The van der Waals surface area contributed by atoms with E-state index in [1.807, 2.05) is 42.7 Å². The lowest BCUT2D eigenvalue weighted by Crippen LogP contribution is -2.61. The van der Waals surface area contributed by atoms with Crippen LogP contribution in [0.3, 0.4) is 0 Å². The Morgan fingerprint density at radius 3 is 2.50 bits per heavy atom. The number of esters is 1. The largest absolute Gasteiger partial charge is 0.455 e. The van der Waals surface area contributed by atoms with Crippen molar-refractivity contribution in [3.63, 3.8) is 0 Å². The van der Waals surface area contributed by atoms with Gasteiger partial charge in [0.15, 0.2) is 6.29 Å². The van der Waals surface area contributed by atoms with Gasteiger partial charge in [0.25, 0.3) is 0 Å². The lowest BCUT2D eigenvalue weighted by atomic mass is 9.96. The predicted molar refractivity (Wildman–Crippen MR) is 111 cm³/mol. The van der Waals surface area contributed by atoms with E-state index in [4.69, 9.17) is 18.9 Å². The van der Waals surface area contributed by atoms with E-state index in [-0.39, 0.29) is 6.61 Å². The van der Waals surface area contributed by atoms with Gasteiger partial charge in [0.1, 0.15) is 29.8 Å². The Balaban J connectivity index is 1.59. The molecule has 0 N–H and O–H groups in total. The van der Waals surface area contributed by atoms with Gasteiger partial charge in [-0.15, -0.1) is 11.8 Å². The number of carbonyl (C=O) groups is 1. The normalized spacial score (nSPS) is 30.6. The summed E-state index contributed by atoms with van der Waals surface area (Å²) in [5, 5.41) is 3.95. The van der Waals surface area contributed by atoms with Gasteiger partial charge in [-0.3, -0.25) is 0 Å². The van der Waals surface area contributed by atoms with Crippen LogP contribution in [0.15, 0.2) is 65.8 Å². The topological polar surface area (TPSA) is 103 Å². The van der Waals surface area contributed by atoms with E-state index in [1.165, 1.54) is 11.8 Å². The van der Waals surface area contributed by atoms with Crippen LogP contribution in [0.2, 0.25) is 0 Å². The van der Waals surface area contributed by atoms with Gasteiger partial charge in [0.2, 0.25) is 0 Å². The molecule has 0 spiro atoms. The third-order valence-corrected chi connectivity index (χ3v) is 5.89. The molecule has 0 bridgehead atoms. The Bertz CT molecular complexity index is 909. The number of nitrogens with zero attached hydrogens (tertiary/aromatic N) is 3. The van der Waals surface area contributed by atoms with Crippen molar-refractivity contribution in [3.8, 4) is 0 Å². The van der Waals surface area contributed by atoms with Crippen molar-refractivity contribution in [1.82, 2.24) is 0 Å². The maximum atomic E-state index is 12.7. The summed E-state index contributed by atoms with van der Waals surface area (Å²) in [6, 6.07) is 17.4. The number of hydrogen-bond acceptors (Lipinski definition) is 7. The molecular formula is C21H21N3O5S. The third kappa shape index (κ3) is 4.30. The molecule has 4 rings (SSSR count). The van der Waals surface area contributed by atoms with Gasteiger partial charge in [-0.25, -0.2) is 4.79 Å². The summed E-state index contributed by atoms with van der Waals surface area (Å²) in [4.78, 5) is 15.7. The van der Waals surface area contributed by atoms with Crippen LogP contribution >= 0.6 is 11.8 Å². The molecule has 0 saturated carbocycles. The summed E-state index contributed by atoms with van der Waals surface area (Å²) >= 11 is 1.38. The van der Waals surface area contributed by atoms with Crippen LogP contribution in [0.1, 0.15) is 22.2 Å². The molecule has 0 aromatic heterocycles. The fraction of sp³-hybridized carbons (Fsp3) is 0.381. The highest BCUT2D eigenvalue weighted by molar-refractivity contribution is 7.99. The summed E-state index contributed by atoms with van der Waals surface area (Å²) in [6.45, 7) is 0.276. The molecule has 0 aliphatic carbocycles. The molecule has 8 nitrogen and oxygen atoms in total. The Morgan fingerprint density at radius 2 is 1.83 bits per heavy atom. The number of thioether (sulfide) groups is 1. The summed E-state index contributed by atoms with van der Waals surface area (Å²) in [5.74, 6) is -0.508. The minimum atomic E-state index is -0.806. The Hall–Kier alpha value is -2.55. The van der Waals surface area contributed by atoms with Gasteiger partial charge in [-0.05, 0) is 23.9 Å². The van der Waals surface area contributed by atoms with E-state index in [9.17, 15) is 10.3 Å². The molecule has 30 heavy (non-hydrogen) atoms. The molecule has 2 fully saturated rings. The average Bonchev–Trinajstić information content (AvgIpc) is 2.81. The zero-order chi connectivity index (χ0) is 20.9. The quantitative estimate of drug-likeness (QED) is 0.308. The summed E-state index contributed by atoms with van der Waals surface area (Å²) in [5.41, 5.74) is 9.94. The van der Waals surface area contributed by atoms with E-state index < -0.39 is 42.0 Å². The summed E-state index contributed by atoms with van der Waals surface area (Å²) in [7, 11) is 0. The molecule has 0 radical (unpaired) electrons. The van der Waals surface area contributed by atoms with Gasteiger partial charge < -0.3 is 18.9 Å². The molecular weight excluding hydrogens is 406 g/mol. The number of benzene rings is 2. The van der Waals surface area contributed by atoms with E-state index in [0.717, 1.165) is 5.56 Å². The molecule has 0 amide bonds. The minimum Gasteiger partial charge on any atom is -0.455 e. The van der Waals surface area contributed by atoms with Crippen molar-refractivity contribution < 1.29 is 23.7 Å². The monoisotopic (exact) mass is 427 g/mol. The maximum Gasteiger partial charge on any atom is 0.338 e. The van der Waals surface area contributed by atoms with Crippen molar-refractivity contribution in [2.24, 2.45) is 5.11 Å². The minimum absolute atomic E-state index is 0.276. The second-order valence-corrected chi connectivity index (χ2v) is 7.82. The Kier molecular flexibility index (Phi) is 6.56. The number of hydrogen-bond donors (Lipinski definition) is 0. The SMILES string of the molecule is CS[C@@H]1OC2COC(c3ccccc3)O[C@@H]2C(N=[N+]=[N-])[C@H]1OC(=O)c1ccccc1. The summed E-state index contributed by atoms with van der Waals surface area (Å²) in [6.07, 6.45) is -0.636. The van der Waals surface area contributed by atoms with Crippen molar-refractivity contribution in [1.29, 1.82) is 0 Å². The van der Waals surface area contributed by atoms with Crippen molar-refractivity contribution in [2.75, 3.05) is 12.9 Å². The third-order valence-electron chi connectivity index (χ3n) is 5.05. The van der Waals surface area contributed by atoms with E-state index in [1.54, 1.807) is 24.3 Å². The lowest BCUT2D eigenvalue weighted by Gasteiger charge is -2.47. The number of rotatable bonds is 5. The van der Waals surface area contributed by atoms with Crippen LogP contribution in [0, 0.1) is 0 Å². The predicted octanol–water partition coefficient (Wildman–Crippen LogP) is 4.09. The van der Waals surface area contributed by atoms with Gasteiger partial charge in [-0.2, -0.15) is 0 Å². The highest BCUT2D eigenvalue weighted by Crippen LogP contribution is 2.38. The van der Waals surface area contributed by atoms with Crippen LogP contribution in [-0.4, -0.2) is 48.6 Å². The van der Waals surface area contributed by atoms with Gasteiger partial charge >= 0.3 is 5.97 Å². The van der Waals surface area contributed by atoms with Crippen molar-refractivity contribution >= 4 is 17.7 Å². The number of fused-ring (bicyclic) bond motifs is 1. The van der Waals surface area contributed by atoms with Crippen LogP contribution in [0.4, 0.5) is 0 Å². The zero-order valence-corrected chi connectivity index (χ0v) is 17.1. The fourth-order valence-electron chi connectivity index (χ4n) is 3.62. The second kappa shape index (κ2) is 9.51. The van der Waals surface area contributed by atoms with E-state index >= 15 is 0 Å². The Morgan fingerprint density at radius 1 is 1.13 bits per heavy atom. The van der Waals surface area contributed by atoms with Crippen LogP contribution in [0.25, 0.3) is 10.4 Å². The first kappa shape index (κ1) is 20.7. The van der Waals surface area contributed by atoms with E-state index in [2.05, 4.69) is 10.0 Å². The van der Waals surface area contributed by atoms with E-state index in [0.29, 0.717) is 5.56 Å². The van der Waals surface area contributed by atoms with Gasteiger partial charge in [0.05, 0.1) is 12.2 Å². The van der Waals surface area contributed by atoms with Gasteiger partial charge in [-0.1, -0.05) is 53.6 Å². The second-order valence-electron chi connectivity index (χ2n) is 6.89. The highest BCUT2D eigenvalue weighted by atomic mass is 32.2. The first-order chi connectivity index (χ1) is 14.7. The molecule has 2 aliphatic heterocycles. The van der Waals surface area contributed by atoms with Crippen LogP contribution < -0.4 is 0 Å². The number of ether oxygens (including phenoxy) is 4. The maximum absolute atomic E-state index is 12.7. The molecule has 156 valence electrons. The molecule has 6 atom stereocenters. The first-order valence-corrected chi connectivity index (χ1v) is 10.8. The highest BCUT2D eigenvalue weighted by Gasteiger charge is 2.51. The first-order valence-electron chi connectivity index (χ1n) is 9.51.